The molecule has 0 bridgehead atoms. The topological polar surface area (TPSA) is 26.0 Å². The van der Waals surface area contributed by atoms with Gasteiger partial charge in [0.2, 0.25) is 0 Å². The Morgan fingerprint density at radius 1 is 1.12 bits per heavy atom. The predicted octanol–water partition coefficient (Wildman–Crippen LogP) is 3.84. The standard InChI is InChI=1S/C14H13ClFN/c1-9-5-7-10(8-6-9)14(17)11-3-2-4-12(16)13(11)15/h2-8,14H,17H2,1H3. The number of rotatable bonds is 2. The van der Waals surface area contributed by atoms with E-state index in [1.807, 2.05) is 31.2 Å². The van der Waals surface area contributed by atoms with Crippen LogP contribution in [0.5, 0.6) is 0 Å². The summed E-state index contributed by atoms with van der Waals surface area (Å²) in [5.74, 6) is -0.438. The average Bonchev–Trinajstić information content (AvgIpc) is 2.33. The lowest BCUT2D eigenvalue weighted by Crippen LogP contribution is -2.12. The summed E-state index contributed by atoms with van der Waals surface area (Å²) in [6.45, 7) is 2.00. The molecule has 0 aromatic heterocycles. The normalized spacial score (nSPS) is 12.5. The van der Waals surface area contributed by atoms with Crippen LogP contribution in [0.4, 0.5) is 4.39 Å². The van der Waals surface area contributed by atoms with Crippen LogP contribution in [0.1, 0.15) is 22.7 Å². The molecule has 0 fully saturated rings. The van der Waals surface area contributed by atoms with Crippen molar-refractivity contribution in [1.29, 1.82) is 0 Å². The lowest BCUT2D eigenvalue weighted by Gasteiger charge is -2.14. The van der Waals surface area contributed by atoms with E-state index in [2.05, 4.69) is 0 Å². The second-order valence-corrected chi connectivity index (χ2v) is 4.41. The van der Waals surface area contributed by atoms with Crippen LogP contribution in [0, 0.1) is 12.7 Å². The number of nitrogens with two attached hydrogens (primary N) is 1. The van der Waals surface area contributed by atoms with Crippen molar-refractivity contribution in [3.8, 4) is 0 Å². The Bertz CT molecular complexity index is 522. The zero-order chi connectivity index (χ0) is 12.4. The van der Waals surface area contributed by atoms with E-state index in [1.165, 1.54) is 6.07 Å². The summed E-state index contributed by atoms with van der Waals surface area (Å²) >= 11 is 5.91. The highest BCUT2D eigenvalue weighted by molar-refractivity contribution is 6.31. The second kappa shape index (κ2) is 4.86. The summed E-state index contributed by atoms with van der Waals surface area (Å²) < 4.78 is 13.3. The van der Waals surface area contributed by atoms with Crippen molar-refractivity contribution in [3.05, 3.63) is 70.0 Å². The van der Waals surface area contributed by atoms with Crippen molar-refractivity contribution in [2.75, 3.05) is 0 Å². The third-order valence-electron chi connectivity index (χ3n) is 2.75. The van der Waals surface area contributed by atoms with Gasteiger partial charge in [0.05, 0.1) is 11.1 Å². The molecule has 1 atom stereocenters. The first kappa shape index (κ1) is 12.1. The highest BCUT2D eigenvalue weighted by atomic mass is 35.5. The first-order valence-corrected chi connectivity index (χ1v) is 5.73. The molecule has 88 valence electrons. The number of benzene rings is 2. The zero-order valence-corrected chi connectivity index (χ0v) is 10.2. The summed E-state index contributed by atoms with van der Waals surface area (Å²) in [4.78, 5) is 0. The van der Waals surface area contributed by atoms with E-state index in [0.29, 0.717) is 5.56 Å². The fourth-order valence-electron chi connectivity index (χ4n) is 1.71. The first-order chi connectivity index (χ1) is 8.09. The molecule has 0 aliphatic heterocycles. The molecule has 2 rings (SSSR count). The summed E-state index contributed by atoms with van der Waals surface area (Å²) in [5, 5.41) is 0.0978. The van der Waals surface area contributed by atoms with Gasteiger partial charge in [0.15, 0.2) is 0 Å². The van der Waals surface area contributed by atoms with Crippen molar-refractivity contribution >= 4 is 11.6 Å². The quantitative estimate of drug-likeness (QED) is 0.860. The minimum Gasteiger partial charge on any atom is -0.320 e. The lowest BCUT2D eigenvalue weighted by molar-refractivity contribution is 0.624. The van der Waals surface area contributed by atoms with E-state index in [-0.39, 0.29) is 5.02 Å². The van der Waals surface area contributed by atoms with Gasteiger partial charge in [-0.05, 0) is 24.1 Å². The van der Waals surface area contributed by atoms with Crippen molar-refractivity contribution in [3.63, 3.8) is 0 Å². The molecule has 0 spiro atoms. The van der Waals surface area contributed by atoms with Gasteiger partial charge in [-0.15, -0.1) is 0 Å². The maximum Gasteiger partial charge on any atom is 0.142 e. The van der Waals surface area contributed by atoms with Crippen molar-refractivity contribution < 1.29 is 4.39 Å². The average molecular weight is 250 g/mol. The van der Waals surface area contributed by atoms with Crippen LogP contribution in [0.2, 0.25) is 5.02 Å². The highest BCUT2D eigenvalue weighted by Crippen LogP contribution is 2.28. The molecule has 1 nitrogen and oxygen atoms in total. The molecule has 0 aliphatic rings. The van der Waals surface area contributed by atoms with Gasteiger partial charge in [0, 0.05) is 0 Å². The van der Waals surface area contributed by atoms with Crippen molar-refractivity contribution in [2.24, 2.45) is 5.73 Å². The van der Waals surface area contributed by atoms with Crippen LogP contribution >= 0.6 is 11.6 Å². The highest BCUT2D eigenvalue weighted by Gasteiger charge is 2.14. The molecule has 2 aromatic rings. The van der Waals surface area contributed by atoms with Crippen LogP contribution < -0.4 is 5.73 Å². The van der Waals surface area contributed by atoms with Crippen LogP contribution in [0.25, 0.3) is 0 Å². The van der Waals surface area contributed by atoms with Gasteiger partial charge in [-0.2, -0.15) is 0 Å². The van der Waals surface area contributed by atoms with E-state index < -0.39 is 11.9 Å². The molecule has 0 heterocycles. The Kier molecular flexibility index (Phi) is 3.46. The Morgan fingerprint density at radius 2 is 1.76 bits per heavy atom. The fraction of sp³-hybridized carbons (Fsp3) is 0.143. The largest absolute Gasteiger partial charge is 0.320 e. The zero-order valence-electron chi connectivity index (χ0n) is 9.45. The molecule has 3 heteroatoms. The third-order valence-corrected chi connectivity index (χ3v) is 3.15. The van der Waals surface area contributed by atoms with Crippen LogP contribution in [0.3, 0.4) is 0 Å². The molecular weight excluding hydrogens is 237 g/mol. The summed E-state index contributed by atoms with van der Waals surface area (Å²) in [7, 11) is 0. The number of hydrogen-bond acceptors (Lipinski definition) is 1. The number of hydrogen-bond donors (Lipinski definition) is 1. The van der Waals surface area contributed by atoms with Gasteiger partial charge in [0.1, 0.15) is 5.82 Å². The van der Waals surface area contributed by atoms with E-state index in [0.717, 1.165) is 11.1 Å². The summed E-state index contributed by atoms with van der Waals surface area (Å²) in [6, 6.07) is 12.1. The Hall–Kier alpha value is -1.38. The molecule has 0 amide bonds. The van der Waals surface area contributed by atoms with Crippen LogP contribution in [0.15, 0.2) is 42.5 Å². The molecule has 1 unspecified atom stereocenters. The summed E-state index contributed by atoms with van der Waals surface area (Å²) in [6.07, 6.45) is 0. The van der Waals surface area contributed by atoms with Gasteiger partial charge in [-0.25, -0.2) is 4.39 Å². The van der Waals surface area contributed by atoms with Crippen molar-refractivity contribution in [2.45, 2.75) is 13.0 Å². The van der Waals surface area contributed by atoms with Gasteiger partial charge in [-0.1, -0.05) is 53.6 Å². The van der Waals surface area contributed by atoms with Gasteiger partial charge >= 0.3 is 0 Å². The van der Waals surface area contributed by atoms with Crippen LogP contribution in [-0.4, -0.2) is 0 Å². The molecule has 0 radical (unpaired) electrons. The molecular formula is C14H13ClFN. The number of aryl methyl sites for hydroxylation is 1. The lowest BCUT2D eigenvalue weighted by atomic mass is 9.98. The van der Waals surface area contributed by atoms with E-state index >= 15 is 0 Å². The SMILES string of the molecule is Cc1ccc(C(N)c2cccc(F)c2Cl)cc1. The molecule has 0 saturated heterocycles. The predicted molar refractivity (Wildman–Crippen MR) is 68.6 cm³/mol. The molecule has 2 aromatic carbocycles. The van der Waals surface area contributed by atoms with Gasteiger partial charge in [0.25, 0.3) is 0 Å². The number of halogens is 2. The van der Waals surface area contributed by atoms with E-state index in [4.69, 9.17) is 17.3 Å². The Balaban J connectivity index is 2.40. The second-order valence-electron chi connectivity index (χ2n) is 4.03. The minimum atomic E-state index is -0.438. The maximum atomic E-state index is 13.3. The van der Waals surface area contributed by atoms with Gasteiger partial charge < -0.3 is 5.73 Å². The first-order valence-electron chi connectivity index (χ1n) is 5.35. The molecule has 0 saturated carbocycles. The molecule has 2 N–H and O–H groups in total. The van der Waals surface area contributed by atoms with Crippen molar-refractivity contribution in [1.82, 2.24) is 0 Å². The fourth-order valence-corrected chi connectivity index (χ4v) is 1.96. The Morgan fingerprint density at radius 3 is 2.41 bits per heavy atom. The summed E-state index contributed by atoms with van der Waals surface area (Å²) in [5.41, 5.74) is 8.77. The van der Waals surface area contributed by atoms with E-state index in [9.17, 15) is 4.39 Å². The maximum absolute atomic E-state index is 13.3. The monoisotopic (exact) mass is 249 g/mol. The third kappa shape index (κ3) is 2.48. The van der Waals surface area contributed by atoms with Gasteiger partial charge in [-0.3, -0.25) is 0 Å². The van der Waals surface area contributed by atoms with Crippen LogP contribution in [-0.2, 0) is 0 Å². The smallest absolute Gasteiger partial charge is 0.142 e. The molecule has 0 aliphatic carbocycles. The Labute approximate surface area is 105 Å². The molecule has 17 heavy (non-hydrogen) atoms. The minimum absolute atomic E-state index is 0.0978. The van der Waals surface area contributed by atoms with E-state index in [1.54, 1.807) is 12.1 Å².